The number of likely N-dealkylation sites (tertiary alicyclic amines) is 1. The van der Waals surface area contributed by atoms with Gasteiger partial charge in [0.1, 0.15) is 11.5 Å². The molecule has 1 aliphatic rings. The molecular formula is C29H36N6O2. The maximum Gasteiger partial charge on any atom is 0.124 e. The maximum atomic E-state index is 5.61. The number of ether oxygens (including phenoxy) is 2. The summed E-state index contributed by atoms with van der Waals surface area (Å²) in [7, 11) is 5.29. The SMILES string of the molecule is COc1cc(OC)cc(N(CC2CCN(C(C)C)CC2)c2ccc3ncc(-c4cnn(C)c4)nc3c2)c1. The molecule has 4 aromatic rings. The number of piperidine rings is 1. The molecule has 2 aromatic heterocycles. The van der Waals surface area contributed by atoms with Gasteiger partial charge in [-0.25, -0.2) is 4.98 Å². The van der Waals surface area contributed by atoms with Crippen molar-refractivity contribution in [3.8, 4) is 22.8 Å². The molecule has 0 radical (unpaired) electrons. The zero-order chi connectivity index (χ0) is 25.9. The zero-order valence-electron chi connectivity index (χ0n) is 22.4. The number of hydrogen-bond donors (Lipinski definition) is 0. The number of aryl methyl sites for hydroxylation is 1. The molecular weight excluding hydrogens is 464 g/mol. The first-order valence-corrected chi connectivity index (χ1v) is 12.9. The van der Waals surface area contributed by atoms with Crippen molar-refractivity contribution in [2.75, 3.05) is 38.8 Å². The number of nitrogens with zero attached hydrogens (tertiary/aromatic N) is 6. The predicted octanol–water partition coefficient (Wildman–Crippen LogP) is 5.31. The minimum Gasteiger partial charge on any atom is -0.497 e. The lowest BCUT2D eigenvalue weighted by atomic mass is 9.95. The van der Waals surface area contributed by atoms with Gasteiger partial charge in [0.15, 0.2) is 0 Å². The zero-order valence-corrected chi connectivity index (χ0v) is 22.4. The lowest BCUT2D eigenvalue weighted by molar-refractivity contribution is 0.152. The van der Waals surface area contributed by atoms with E-state index in [0.29, 0.717) is 12.0 Å². The Kier molecular flexibility index (Phi) is 7.28. The molecule has 2 aromatic carbocycles. The summed E-state index contributed by atoms with van der Waals surface area (Å²) in [5, 5.41) is 4.29. The van der Waals surface area contributed by atoms with E-state index >= 15 is 0 Å². The van der Waals surface area contributed by atoms with Gasteiger partial charge >= 0.3 is 0 Å². The van der Waals surface area contributed by atoms with Gasteiger partial charge in [-0.15, -0.1) is 0 Å². The molecule has 5 rings (SSSR count). The van der Waals surface area contributed by atoms with Crippen molar-refractivity contribution < 1.29 is 9.47 Å². The summed E-state index contributed by atoms with van der Waals surface area (Å²) in [6, 6.07) is 13.0. The second-order valence-electron chi connectivity index (χ2n) is 10.1. The predicted molar refractivity (Wildman–Crippen MR) is 148 cm³/mol. The van der Waals surface area contributed by atoms with Crippen molar-refractivity contribution >= 4 is 22.4 Å². The summed E-state index contributed by atoms with van der Waals surface area (Å²) < 4.78 is 13.0. The highest BCUT2D eigenvalue weighted by Crippen LogP contribution is 2.36. The van der Waals surface area contributed by atoms with Gasteiger partial charge in [-0.3, -0.25) is 9.67 Å². The molecule has 1 saturated heterocycles. The Bertz CT molecular complexity index is 1340. The van der Waals surface area contributed by atoms with E-state index in [9.17, 15) is 0 Å². The smallest absolute Gasteiger partial charge is 0.124 e. The van der Waals surface area contributed by atoms with E-state index in [4.69, 9.17) is 14.5 Å². The summed E-state index contributed by atoms with van der Waals surface area (Å²) >= 11 is 0. The monoisotopic (exact) mass is 500 g/mol. The highest BCUT2D eigenvalue weighted by atomic mass is 16.5. The van der Waals surface area contributed by atoms with Crippen LogP contribution in [0.4, 0.5) is 11.4 Å². The third-order valence-corrected chi connectivity index (χ3v) is 7.31. The van der Waals surface area contributed by atoms with Crippen molar-refractivity contribution in [1.82, 2.24) is 24.6 Å². The first-order chi connectivity index (χ1) is 17.9. The summed E-state index contributed by atoms with van der Waals surface area (Å²) in [5.41, 5.74) is 5.60. The first kappa shape index (κ1) is 25.0. The molecule has 8 nitrogen and oxygen atoms in total. The number of aromatic nitrogens is 4. The van der Waals surface area contributed by atoms with Gasteiger partial charge in [0, 0.05) is 61.0 Å². The molecule has 194 valence electrons. The van der Waals surface area contributed by atoms with Crippen LogP contribution in [-0.2, 0) is 7.05 Å². The molecule has 0 atom stereocenters. The molecule has 0 unspecified atom stereocenters. The Morgan fingerprint density at radius 1 is 0.946 bits per heavy atom. The van der Waals surface area contributed by atoms with Crippen LogP contribution in [0.25, 0.3) is 22.3 Å². The van der Waals surface area contributed by atoms with Crippen molar-refractivity contribution in [1.29, 1.82) is 0 Å². The van der Waals surface area contributed by atoms with Crippen LogP contribution in [-0.4, -0.2) is 64.5 Å². The van der Waals surface area contributed by atoms with Crippen LogP contribution in [0.3, 0.4) is 0 Å². The van der Waals surface area contributed by atoms with E-state index in [0.717, 1.165) is 64.8 Å². The van der Waals surface area contributed by atoms with Crippen molar-refractivity contribution in [2.24, 2.45) is 13.0 Å². The summed E-state index contributed by atoms with van der Waals surface area (Å²) in [5.74, 6) is 2.12. The Hall–Kier alpha value is -3.65. The highest BCUT2D eigenvalue weighted by Gasteiger charge is 2.24. The summed E-state index contributed by atoms with van der Waals surface area (Å²) in [6.45, 7) is 7.74. The minimum absolute atomic E-state index is 0.579. The van der Waals surface area contributed by atoms with E-state index in [1.54, 1.807) is 18.9 Å². The average molecular weight is 501 g/mol. The molecule has 8 heteroatoms. The molecule has 0 saturated carbocycles. The number of methoxy groups -OCH3 is 2. The highest BCUT2D eigenvalue weighted by molar-refractivity contribution is 5.82. The normalized spacial score (nSPS) is 14.9. The average Bonchev–Trinajstić information content (AvgIpc) is 3.37. The Labute approximate surface area is 218 Å². The van der Waals surface area contributed by atoms with Crippen molar-refractivity contribution in [2.45, 2.75) is 32.7 Å². The summed E-state index contributed by atoms with van der Waals surface area (Å²) in [6.07, 6.45) is 7.94. The van der Waals surface area contributed by atoms with E-state index < -0.39 is 0 Å². The second-order valence-corrected chi connectivity index (χ2v) is 10.1. The molecule has 37 heavy (non-hydrogen) atoms. The Morgan fingerprint density at radius 3 is 2.30 bits per heavy atom. The van der Waals surface area contributed by atoms with Crippen LogP contribution in [0.5, 0.6) is 11.5 Å². The maximum absolute atomic E-state index is 5.61. The van der Waals surface area contributed by atoms with Crippen molar-refractivity contribution in [3.05, 3.63) is 55.0 Å². The van der Waals surface area contributed by atoms with Gasteiger partial charge in [0.2, 0.25) is 0 Å². The van der Waals surface area contributed by atoms with Crippen LogP contribution >= 0.6 is 0 Å². The first-order valence-electron chi connectivity index (χ1n) is 12.9. The van der Waals surface area contributed by atoms with Crippen LogP contribution in [0.1, 0.15) is 26.7 Å². The van der Waals surface area contributed by atoms with Crippen LogP contribution in [0.2, 0.25) is 0 Å². The quantitative estimate of drug-likeness (QED) is 0.325. The third kappa shape index (κ3) is 5.54. The van der Waals surface area contributed by atoms with Gasteiger partial charge in [0.05, 0.1) is 43.3 Å². The van der Waals surface area contributed by atoms with E-state index in [1.807, 2.05) is 31.7 Å². The van der Waals surface area contributed by atoms with Gasteiger partial charge in [-0.2, -0.15) is 5.10 Å². The van der Waals surface area contributed by atoms with E-state index in [1.165, 1.54) is 12.8 Å². The van der Waals surface area contributed by atoms with E-state index in [-0.39, 0.29) is 0 Å². The minimum atomic E-state index is 0.579. The Morgan fingerprint density at radius 2 is 1.68 bits per heavy atom. The summed E-state index contributed by atoms with van der Waals surface area (Å²) in [4.78, 5) is 14.6. The number of hydrogen-bond acceptors (Lipinski definition) is 7. The standard InChI is InChI=1S/C29H36N6O2/c1-20(2)34-10-8-21(9-11-34)18-35(24-12-25(36-4)15-26(13-24)37-5)23-6-7-27-28(14-23)32-29(17-30-27)22-16-31-33(3)19-22/h6-7,12-17,19-21H,8-11,18H2,1-5H3. The molecule has 1 aliphatic heterocycles. The third-order valence-electron chi connectivity index (χ3n) is 7.31. The number of anilines is 2. The molecule has 1 fully saturated rings. The van der Waals surface area contributed by atoms with Crippen LogP contribution in [0, 0.1) is 5.92 Å². The molecule has 0 spiro atoms. The van der Waals surface area contributed by atoms with Crippen LogP contribution < -0.4 is 14.4 Å². The fourth-order valence-electron chi connectivity index (χ4n) is 5.08. The molecule has 0 N–H and O–H groups in total. The number of fused-ring (bicyclic) bond motifs is 1. The lowest BCUT2D eigenvalue weighted by Gasteiger charge is -2.37. The fourth-order valence-corrected chi connectivity index (χ4v) is 5.08. The lowest BCUT2D eigenvalue weighted by Crippen LogP contribution is -2.41. The number of rotatable bonds is 8. The molecule has 3 heterocycles. The Balaban J connectivity index is 1.52. The molecule has 0 amide bonds. The second kappa shape index (κ2) is 10.8. The van der Waals surface area contributed by atoms with Gasteiger partial charge < -0.3 is 19.3 Å². The largest absolute Gasteiger partial charge is 0.497 e. The van der Waals surface area contributed by atoms with E-state index in [2.05, 4.69) is 64.1 Å². The fraction of sp³-hybridized carbons (Fsp3) is 0.414. The number of benzene rings is 2. The van der Waals surface area contributed by atoms with Crippen LogP contribution in [0.15, 0.2) is 55.0 Å². The van der Waals surface area contributed by atoms with Gasteiger partial charge in [0.25, 0.3) is 0 Å². The van der Waals surface area contributed by atoms with Gasteiger partial charge in [-0.1, -0.05) is 0 Å². The molecule has 0 aliphatic carbocycles. The molecule has 0 bridgehead atoms. The topological polar surface area (TPSA) is 68.5 Å². The van der Waals surface area contributed by atoms with Gasteiger partial charge in [-0.05, 0) is 63.9 Å². The van der Waals surface area contributed by atoms with Crippen molar-refractivity contribution in [3.63, 3.8) is 0 Å².